The minimum absolute atomic E-state index is 0.0287. The highest BCUT2D eigenvalue weighted by molar-refractivity contribution is 5.77. The van der Waals surface area contributed by atoms with E-state index in [1.165, 1.54) is 0 Å². The molecule has 0 aliphatic heterocycles. The van der Waals surface area contributed by atoms with Crippen LogP contribution in [0.2, 0.25) is 0 Å². The van der Waals surface area contributed by atoms with Gasteiger partial charge in [0.25, 0.3) is 0 Å². The average Bonchev–Trinajstić information content (AvgIpc) is 2.45. The smallest absolute Gasteiger partial charge is 0.303 e. The van der Waals surface area contributed by atoms with Gasteiger partial charge in [-0.25, -0.2) is 0 Å². The Morgan fingerprint density at radius 3 is 2.00 bits per heavy atom. The van der Waals surface area contributed by atoms with Crippen molar-refractivity contribution >= 4 is 11.9 Å². The van der Waals surface area contributed by atoms with Crippen molar-refractivity contribution < 1.29 is 14.7 Å². The van der Waals surface area contributed by atoms with Gasteiger partial charge >= 0.3 is 5.97 Å². The first-order chi connectivity index (χ1) is 9.03. The molecule has 106 valence electrons. The maximum Gasteiger partial charge on any atom is 0.303 e. The second-order valence-electron chi connectivity index (χ2n) is 3.75. The SMILES string of the molecule is CCC(=O)O.NCC(=O)NCc1ccc(CN)cc1. The molecule has 6 N–H and O–H groups in total. The van der Waals surface area contributed by atoms with Crippen molar-refractivity contribution in [1.82, 2.24) is 5.32 Å². The fraction of sp³-hybridized carbons (Fsp3) is 0.385. The van der Waals surface area contributed by atoms with Gasteiger partial charge < -0.3 is 21.9 Å². The number of rotatable bonds is 5. The molecule has 0 atom stereocenters. The summed E-state index contributed by atoms with van der Waals surface area (Å²) in [5.41, 5.74) is 12.7. The Hall–Kier alpha value is -1.92. The number of carbonyl (C=O) groups excluding carboxylic acids is 1. The molecule has 0 spiro atoms. The van der Waals surface area contributed by atoms with E-state index in [0.717, 1.165) is 11.1 Å². The molecule has 6 nitrogen and oxygen atoms in total. The van der Waals surface area contributed by atoms with Crippen LogP contribution in [0.3, 0.4) is 0 Å². The molecule has 0 aliphatic rings. The standard InChI is InChI=1S/C10H15N3O.C3H6O2/c11-5-8-1-3-9(4-2-8)7-13-10(14)6-12;1-2-3(4)5/h1-4H,5-7,11-12H2,(H,13,14);2H2,1H3,(H,4,5). The quantitative estimate of drug-likeness (QED) is 0.607. The van der Waals surface area contributed by atoms with Crippen LogP contribution < -0.4 is 16.8 Å². The third kappa shape index (κ3) is 8.76. The van der Waals surface area contributed by atoms with Crippen LogP contribution in [0.4, 0.5) is 0 Å². The Morgan fingerprint density at radius 1 is 1.16 bits per heavy atom. The van der Waals surface area contributed by atoms with Crippen molar-refractivity contribution in [3.8, 4) is 0 Å². The highest BCUT2D eigenvalue weighted by Gasteiger charge is 1.97. The van der Waals surface area contributed by atoms with Gasteiger partial charge in [0.05, 0.1) is 6.54 Å². The molecule has 19 heavy (non-hydrogen) atoms. The van der Waals surface area contributed by atoms with Crippen molar-refractivity contribution in [2.75, 3.05) is 6.54 Å². The Balaban J connectivity index is 0.000000555. The molecule has 0 saturated carbocycles. The van der Waals surface area contributed by atoms with E-state index in [-0.39, 0.29) is 18.9 Å². The van der Waals surface area contributed by atoms with Gasteiger partial charge in [-0.05, 0) is 11.1 Å². The normalized spacial score (nSPS) is 9.21. The number of benzene rings is 1. The number of nitrogens with two attached hydrogens (primary N) is 2. The molecule has 0 saturated heterocycles. The summed E-state index contributed by atoms with van der Waals surface area (Å²) >= 11 is 0. The van der Waals surface area contributed by atoms with Gasteiger partial charge in [-0.3, -0.25) is 9.59 Å². The predicted molar refractivity (Wildman–Crippen MR) is 73.2 cm³/mol. The van der Waals surface area contributed by atoms with Crippen LogP contribution in [0.15, 0.2) is 24.3 Å². The van der Waals surface area contributed by atoms with Gasteiger partial charge in [-0.2, -0.15) is 0 Å². The number of amides is 1. The highest BCUT2D eigenvalue weighted by atomic mass is 16.4. The van der Waals surface area contributed by atoms with Crippen molar-refractivity contribution in [2.24, 2.45) is 11.5 Å². The minimum atomic E-state index is -0.745. The van der Waals surface area contributed by atoms with E-state index >= 15 is 0 Å². The summed E-state index contributed by atoms with van der Waals surface area (Å²) in [6.07, 6.45) is 0.222. The summed E-state index contributed by atoms with van der Waals surface area (Å²) in [7, 11) is 0. The van der Waals surface area contributed by atoms with Gasteiger partial charge in [-0.15, -0.1) is 0 Å². The van der Waals surface area contributed by atoms with E-state index in [0.29, 0.717) is 13.1 Å². The van der Waals surface area contributed by atoms with E-state index < -0.39 is 5.97 Å². The molecule has 0 unspecified atom stereocenters. The summed E-state index contributed by atoms with van der Waals surface area (Å²) in [4.78, 5) is 20.2. The van der Waals surface area contributed by atoms with Crippen molar-refractivity contribution in [3.05, 3.63) is 35.4 Å². The Labute approximate surface area is 112 Å². The van der Waals surface area contributed by atoms with Gasteiger partial charge in [0, 0.05) is 19.5 Å². The molecular weight excluding hydrogens is 246 g/mol. The van der Waals surface area contributed by atoms with Crippen LogP contribution in [0.25, 0.3) is 0 Å². The van der Waals surface area contributed by atoms with Crippen molar-refractivity contribution in [1.29, 1.82) is 0 Å². The zero-order valence-corrected chi connectivity index (χ0v) is 11.1. The van der Waals surface area contributed by atoms with Crippen LogP contribution in [0, 0.1) is 0 Å². The van der Waals surface area contributed by atoms with Crippen LogP contribution in [0.1, 0.15) is 24.5 Å². The van der Waals surface area contributed by atoms with E-state index in [1.54, 1.807) is 6.92 Å². The fourth-order valence-electron chi connectivity index (χ4n) is 1.07. The average molecular weight is 267 g/mol. The molecule has 0 heterocycles. The number of carbonyl (C=O) groups is 2. The second kappa shape index (κ2) is 10.0. The maximum atomic E-state index is 10.9. The number of nitrogens with one attached hydrogen (secondary N) is 1. The van der Waals surface area contributed by atoms with E-state index in [1.807, 2.05) is 24.3 Å². The first kappa shape index (κ1) is 17.1. The number of carboxylic acids is 1. The number of hydrogen-bond donors (Lipinski definition) is 4. The molecule has 6 heteroatoms. The number of carboxylic acid groups (broad SMARTS) is 1. The molecular formula is C13H21N3O3. The van der Waals surface area contributed by atoms with E-state index in [4.69, 9.17) is 16.6 Å². The van der Waals surface area contributed by atoms with Crippen molar-refractivity contribution in [3.63, 3.8) is 0 Å². The van der Waals surface area contributed by atoms with Gasteiger partial charge in [-0.1, -0.05) is 31.2 Å². The minimum Gasteiger partial charge on any atom is -0.481 e. The summed E-state index contributed by atoms with van der Waals surface area (Å²) in [6, 6.07) is 7.78. The molecule has 1 amide bonds. The highest BCUT2D eigenvalue weighted by Crippen LogP contribution is 2.02. The molecule has 1 aromatic carbocycles. The van der Waals surface area contributed by atoms with Gasteiger partial charge in [0.1, 0.15) is 0 Å². The molecule has 1 aromatic rings. The molecule has 0 bridgehead atoms. The molecule has 0 aliphatic carbocycles. The lowest BCUT2D eigenvalue weighted by Crippen LogP contribution is -2.29. The lowest BCUT2D eigenvalue weighted by molar-refractivity contribution is -0.136. The molecule has 1 rings (SSSR count). The molecule has 0 fully saturated rings. The summed E-state index contributed by atoms with van der Waals surface area (Å²) in [5, 5.41) is 10.4. The Kier molecular flexibility index (Phi) is 9.03. The summed E-state index contributed by atoms with van der Waals surface area (Å²) in [5.74, 6) is -0.891. The van der Waals surface area contributed by atoms with E-state index in [2.05, 4.69) is 5.32 Å². The topological polar surface area (TPSA) is 118 Å². The second-order valence-corrected chi connectivity index (χ2v) is 3.75. The number of hydrogen-bond acceptors (Lipinski definition) is 4. The van der Waals surface area contributed by atoms with Gasteiger partial charge in [0.15, 0.2) is 0 Å². The van der Waals surface area contributed by atoms with Crippen LogP contribution in [-0.2, 0) is 22.7 Å². The fourth-order valence-corrected chi connectivity index (χ4v) is 1.07. The zero-order valence-electron chi connectivity index (χ0n) is 11.1. The number of aliphatic carboxylic acids is 1. The predicted octanol–water partition coefficient (Wildman–Crippen LogP) is 0.201. The first-order valence-electron chi connectivity index (χ1n) is 5.99. The molecule has 0 radical (unpaired) electrons. The monoisotopic (exact) mass is 267 g/mol. The summed E-state index contributed by atoms with van der Waals surface area (Å²) in [6.45, 7) is 2.68. The first-order valence-corrected chi connectivity index (χ1v) is 5.99. The third-order valence-electron chi connectivity index (χ3n) is 2.24. The Bertz CT molecular complexity index is 391. The van der Waals surface area contributed by atoms with Crippen LogP contribution >= 0.6 is 0 Å². The van der Waals surface area contributed by atoms with Crippen molar-refractivity contribution in [2.45, 2.75) is 26.4 Å². The molecule has 0 aromatic heterocycles. The zero-order chi connectivity index (χ0) is 14.7. The summed E-state index contributed by atoms with van der Waals surface area (Å²) < 4.78 is 0. The van der Waals surface area contributed by atoms with Crippen LogP contribution in [-0.4, -0.2) is 23.5 Å². The lowest BCUT2D eigenvalue weighted by atomic mass is 10.1. The largest absolute Gasteiger partial charge is 0.481 e. The third-order valence-corrected chi connectivity index (χ3v) is 2.24. The Morgan fingerprint density at radius 2 is 1.63 bits per heavy atom. The lowest BCUT2D eigenvalue weighted by Gasteiger charge is -2.04. The van der Waals surface area contributed by atoms with E-state index in [9.17, 15) is 9.59 Å². The van der Waals surface area contributed by atoms with Crippen LogP contribution in [0.5, 0.6) is 0 Å². The maximum absolute atomic E-state index is 10.9. The van der Waals surface area contributed by atoms with Gasteiger partial charge in [0.2, 0.25) is 5.91 Å².